The van der Waals surface area contributed by atoms with Gasteiger partial charge in [-0.15, -0.1) is 0 Å². The van der Waals surface area contributed by atoms with E-state index in [1.165, 1.54) is 5.56 Å². The van der Waals surface area contributed by atoms with Crippen LogP contribution in [-0.4, -0.2) is 15.7 Å². The number of amides is 1. The van der Waals surface area contributed by atoms with Crippen LogP contribution in [0.1, 0.15) is 27.4 Å². The van der Waals surface area contributed by atoms with Gasteiger partial charge in [0.15, 0.2) is 5.76 Å². The Morgan fingerprint density at radius 1 is 1.09 bits per heavy atom. The fraction of sp³-hybridized carbons (Fsp3) is 0.222. The van der Waals surface area contributed by atoms with E-state index in [2.05, 4.69) is 10.4 Å². The second-order valence-corrected chi connectivity index (χ2v) is 5.70. The van der Waals surface area contributed by atoms with Gasteiger partial charge in [0.2, 0.25) is 0 Å². The Hall–Kier alpha value is -2.82. The molecule has 5 heteroatoms. The molecule has 1 aromatic carbocycles. The Bertz CT molecular complexity index is 874. The summed E-state index contributed by atoms with van der Waals surface area (Å²) < 4.78 is 7.12. The number of rotatable bonds is 3. The summed E-state index contributed by atoms with van der Waals surface area (Å²) in [6.45, 7) is 5.94. The van der Waals surface area contributed by atoms with Gasteiger partial charge in [-0.1, -0.05) is 6.07 Å². The van der Waals surface area contributed by atoms with Gasteiger partial charge in [-0.3, -0.25) is 9.48 Å². The third-order valence-corrected chi connectivity index (χ3v) is 3.87. The average molecular weight is 309 g/mol. The van der Waals surface area contributed by atoms with E-state index in [1.54, 1.807) is 17.8 Å². The number of hydrogen-bond donors (Lipinski definition) is 1. The van der Waals surface area contributed by atoms with Crippen LogP contribution in [-0.2, 0) is 7.05 Å². The van der Waals surface area contributed by atoms with Crippen molar-refractivity contribution < 1.29 is 9.21 Å². The van der Waals surface area contributed by atoms with Gasteiger partial charge >= 0.3 is 0 Å². The molecule has 0 unspecified atom stereocenters. The first-order chi connectivity index (χ1) is 10.9. The van der Waals surface area contributed by atoms with Crippen LogP contribution in [0.15, 0.2) is 40.8 Å². The predicted molar refractivity (Wildman–Crippen MR) is 89.5 cm³/mol. The predicted octanol–water partition coefficient (Wildman–Crippen LogP) is 3.86. The van der Waals surface area contributed by atoms with Crippen LogP contribution >= 0.6 is 0 Å². The molecule has 2 heterocycles. The molecule has 0 saturated heterocycles. The highest BCUT2D eigenvalue weighted by Crippen LogP contribution is 2.22. The first kappa shape index (κ1) is 15.1. The zero-order valence-corrected chi connectivity index (χ0v) is 13.7. The van der Waals surface area contributed by atoms with Crippen molar-refractivity contribution in [2.24, 2.45) is 7.05 Å². The zero-order valence-electron chi connectivity index (χ0n) is 13.7. The number of anilines is 1. The van der Waals surface area contributed by atoms with Gasteiger partial charge in [0.25, 0.3) is 5.91 Å². The molecule has 3 aromatic rings. The Kier molecular flexibility index (Phi) is 3.78. The van der Waals surface area contributed by atoms with E-state index >= 15 is 0 Å². The molecule has 0 bridgehead atoms. The van der Waals surface area contributed by atoms with Crippen LogP contribution in [0.25, 0.3) is 11.5 Å². The van der Waals surface area contributed by atoms with Crippen LogP contribution in [0.5, 0.6) is 0 Å². The second kappa shape index (κ2) is 5.76. The maximum Gasteiger partial charge on any atom is 0.273 e. The SMILES string of the molecule is Cc1ccc(-c2cc(C(=O)Nc3ccc(C)c(C)c3)n(C)n2)o1. The number of hydrogen-bond acceptors (Lipinski definition) is 3. The highest BCUT2D eigenvalue weighted by Gasteiger charge is 2.16. The number of carbonyl (C=O) groups excluding carboxylic acids is 1. The minimum absolute atomic E-state index is 0.196. The maximum absolute atomic E-state index is 12.5. The minimum atomic E-state index is -0.196. The molecule has 1 amide bonds. The summed E-state index contributed by atoms with van der Waals surface area (Å²) in [6.07, 6.45) is 0. The van der Waals surface area contributed by atoms with Gasteiger partial charge in [-0.05, 0) is 56.2 Å². The Balaban J connectivity index is 1.85. The van der Waals surface area contributed by atoms with Gasteiger partial charge in [0.05, 0.1) is 0 Å². The summed E-state index contributed by atoms with van der Waals surface area (Å²) in [5, 5.41) is 7.26. The van der Waals surface area contributed by atoms with Crippen molar-refractivity contribution in [2.75, 3.05) is 5.32 Å². The maximum atomic E-state index is 12.5. The summed E-state index contributed by atoms with van der Waals surface area (Å²) in [6, 6.07) is 11.3. The zero-order chi connectivity index (χ0) is 16.6. The molecule has 0 spiro atoms. The molecule has 23 heavy (non-hydrogen) atoms. The van der Waals surface area contributed by atoms with Gasteiger partial charge < -0.3 is 9.73 Å². The number of nitrogens with one attached hydrogen (secondary N) is 1. The molecule has 0 atom stereocenters. The Labute approximate surface area is 134 Å². The molecule has 2 aromatic heterocycles. The molecule has 0 aliphatic rings. The fourth-order valence-corrected chi connectivity index (χ4v) is 2.39. The summed E-state index contributed by atoms with van der Waals surface area (Å²) >= 11 is 0. The highest BCUT2D eigenvalue weighted by atomic mass is 16.3. The minimum Gasteiger partial charge on any atom is -0.460 e. The summed E-state index contributed by atoms with van der Waals surface area (Å²) in [4.78, 5) is 12.5. The smallest absolute Gasteiger partial charge is 0.273 e. The second-order valence-electron chi connectivity index (χ2n) is 5.70. The average Bonchev–Trinajstić information content (AvgIpc) is 3.09. The van der Waals surface area contributed by atoms with Crippen molar-refractivity contribution in [1.29, 1.82) is 0 Å². The van der Waals surface area contributed by atoms with E-state index in [0.717, 1.165) is 17.0 Å². The molecular weight excluding hydrogens is 290 g/mol. The van der Waals surface area contributed by atoms with Crippen molar-refractivity contribution in [3.05, 3.63) is 59.0 Å². The lowest BCUT2D eigenvalue weighted by molar-refractivity contribution is 0.101. The number of aryl methyl sites for hydroxylation is 4. The largest absolute Gasteiger partial charge is 0.460 e. The molecular formula is C18H19N3O2. The van der Waals surface area contributed by atoms with Crippen LogP contribution in [0.2, 0.25) is 0 Å². The van der Waals surface area contributed by atoms with E-state index in [0.29, 0.717) is 17.1 Å². The van der Waals surface area contributed by atoms with E-state index in [-0.39, 0.29) is 5.91 Å². The number of carbonyl (C=O) groups is 1. The van der Waals surface area contributed by atoms with Gasteiger partial charge in [0, 0.05) is 18.8 Å². The van der Waals surface area contributed by atoms with Crippen LogP contribution < -0.4 is 5.32 Å². The lowest BCUT2D eigenvalue weighted by Gasteiger charge is -2.07. The van der Waals surface area contributed by atoms with Crippen molar-refractivity contribution in [3.63, 3.8) is 0 Å². The topological polar surface area (TPSA) is 60.1 Å². The van der Waals surface area contributed by atoms with E-state index in [9.17, 15) is 4.79 Å². The van der Waals surface area contributed by atoms with E-state index in [1.807, 2.05) is 51.1 Å². The molecule has 0 aliphatic heterocycles. The normalized spacial score (nSPS) is 10.8. The molecule has 0 radical (unpaired) electrons. The highest BCUT2D eigenvalue weighted by molar-refractivity contribution is 6.03. The van der Waals surface area contributed by atoms with Crippen LogP contribution in [0.3, 0.4) is 0 Å². The number of aromatic nitrogens is 2. The molecule has 5 nitrogen and oxygen atoms in total. The van der Waals surface area contributed by atoms with Crippen molar-refractivity contribution in [2.45, 2.75) is 20.8 Å². The quantitative estimate of drug-likeness (QED) is 0.799. The van der Waals surface area contributed by atoms with Crippen molar-refractivity contribution in [1.82, 2.24) is 9.78 Å². The van der Waals surface area contributed by atoms with Crippen LogP contribution in [0, 0.1) is 20.8 Å². The van der Waals surface area contributed by atoms with Gasteiger partial charge in [-0.2, -0.15) is 5.10 Å². The van der Waals surface area contributed by atoms with Gasteiger partial charge in [0.1, 0.15) is 17.1 Å². The lowest BCUT2D eigenvalue weighted by atomic mass is 10.1. The third kappa shape index (κ3) is 3.04. The molecule has 0 aliphatic carbocycles. The molecule has 0 fully saturated rings. The monoisotopic (exact) mass is 309 g/mol. The summed E-state index contributed by atoms with van der Waals surface area (Å²) in [5.74, 6) is 1.27. The third-order valence-electron chi connectivity index (χ3n) is 3.87. The molecule has 1 N–H and O–H groups in total. The van der Waals surface area contributed by atoms with Crippen LogP contribution in [0.4, 0.5) is 5.69 Å². The summed E-state index contributed by atoms with van der Waals surface area (Å²) in [7, 11) is 1.74. The molecule has 118 valence electrons. The Morgan fingerprint density at radius 3 is 2.52 bits per heavy atom. The number of benzene rings is 1. The number of nitrogens with zero attached hydrogens (tertiary/aromatic N) is 2. The fourth-order valence-electron chi connectivity index (χ4n) is 2.39. The Morgan fingerprint density at radius 2 is 1.87 bits per heavy atom. The van der Waals surface area contributed by atoms with E-state index in [4.69, 9.17) is 4.42 Å². The first-order valence-electron chi connectivity index (χ1n) is 7.43. The molecule has 0 saturated carbocycles. The first-order valence-corrected chi connectivity index (χ1v) is 7.43. The van der Waals surface area contributed by atoms with E-state index < -0.39 is 0 Å². The van der Waals surface area contributed by atoms with Gasteiger partial charge in [-0.25, -0.2) is 0 Å². The van der Waals surface area contributed by atoms with Crippen molar-refractivity contribution >= 4 is 11.6 Å². The molecule has 3 rings (SSSR count). The lowest BCUT2D eigenvalue weighted by Crippen LogP contribution is -2.16. The number of furan rings is 1. The summed E-state index contributed by atoms with van der Waals surface area (Å²) in [5.41, 5.74) is 4.23. The van der Waals surface area contributed by atoms with Crippen molar-refractivity contribution in [3.8, 4) is 11.5 Å². The standard InChI is InChI=1S/C18H19N3O2/c1-11-5-7-14(9-12(11)2)19-18(22)16-10-15(20-21(16)4)17-8-6-13(3)23-17/h5-10H,1-4H3,(H,19,22).